The second-order valence-corrected chi connectivity index (χ2v) is 3.23. The Morgan fingerprint density at radius 2 is 1.90 bits per heavy atom. The Kier molecular flexibility index (Phi) is 2.05. The zero-order valence-corrected chi connectivity index (χ0v) is 6.98. The Balaban J connectivity index is 3.05. The SMILES string of the molecule is FC(F)(F)c1cscc1Br. The lowest BCUT2D eigenvalue weighted by molar-refractivity contribution is -0.137. The van der Waals surface area contributed by atoms with Gasteiger partial charge in [-0.25, -0.2) is 0 Å². The second-order valence-electron chi connectivity index (χ2n) is 1.63. The van der Waals surface area contributed by atoms with Crippen LogP contribution in [0.25, 0.3) is 0 Å². The molecule has 1 rings (SSSR count). The Morgan fingerprint density at radius 1 is 1.30 bits per heavy atom. The van der Waals surface area contributed by atoms with E-state index in [-0.39, 0.29) is 4.47 Å². The molecule has 0 aliphatic rings. The van der Waals surface area contributed by atoms with Crippen molar-refractivity contribution < 1.29 is 13.2 Å². The van der Waals surface area contributed by atoms with Gasteiger partial charge in [0.2, 0.25) is 0 Å². The highest BCUT2D eigenvalue weighted by Gasteiger charge is 2.33. The maximum absolute atomic E-state index is 11.9. The number of hydrogen-bond acceptors (Lipinski definition) is 1. The molecule has 1 aromatic heterocycles. The highest BCUT2D eigenvalue weighted by atomic mass is 79.9. The predicted octanol–water partition coefficient (Wildman–Crippen LogP) is 3.53. The molecule has 1 aromatic rings. The number of thiophene rings is 1. The molecule has 0 bridgehead atoms. The van der Waals surface area contributed by atoms with E-state index >= 15 is 0 Å². The summed E-state index contributed by atoms with van der Waals surface area (Å²) in [7, 11) is 0. The molecule has 0 spiro atoms. The summed E-state index contributed by atoms with van der Waals surface area (Å²) in [6.07, 6.45) is -4.22. The minimum atomic E-state index is -4.22. The molecule has 56 valence electrons. The van der Waals surface area contributed by atoms with E-state index in [4.69, 9.17) is 0 Å². The van der Waals surface area contributed by atoms with Crippen LogP contribution in [0.5, 0.6) is 0 Å². The monoisotopic (exact) mass is 230 g/mol. The lowest BCUT2D eigenvalue weighted by Crippen LogP contribution is -2.02. The van der Waals surface area contributed by atoms with Gasteiger partial charge in [0.15, 0.2) is 0 Å². The van der Waals surface area contributed by atoms with Gasteiger partial charge in [-0.3, -0.25) is 0 Å². The second kappa shape index (κ2) is 2.54. The van der Waals surface area contributed by atoms with Gasteiger partial charge in [0.25, 0.3) is 0 Å². The summed E-state index contributed by atoms with van der Waals surface area (Å²) in [5, 5.41) is 2.48. The van der Waals surface area contributed by atoms with Crippen molar-refractivity contribution in [1.29, 1.82) is 0 Å². The molecular weight excluding hydrogens is 229 g/mol. The molecule has 0 atom stereocenters. The summed E-state index contributed by atoms with van der Waals surface area (Å²) in [5.41, 5.74) is -0.600. The van der Waals surface area contributed by atoms with Crippen molar-refractivity contribution in [3.8, 4) is 0 Å². The lowest BCUT2D eigenvalue weighted by Gasteiger charge is -2.02. The number of halogens is 4. The molecule has 0 saturated heterocycles. The molecule has 0 nitrogen and oxygen atoms in total. The molecule has 0 aliphatic carbocycles. The van der Waals surface area contributed by atoms with Crippen LogP contribution in [-0.2, 0) is 6.18 Å². The Labute approximate surface area is 67.8 Å². The molecule has 0 N–H and O–H groups in total. The van der Waals surface area contributed by atoms with E-state index in [9.17, 15) is 13.2 Å². The normalized spacial score (nSPS) is 12.0. The average molecular weight is 231 g/mol. The van der Waals surface area contributed by atoms with Gasteiger partial charge in [0, 0.05) is 15.2 Å². The van der Waals surface area contributed by atoms with E-state index in [2.05, 4.69) is 15.9 Å². The van der Waals surface area contributed by atoms with Crippen molar-refractivity contribution in [3.63, 3.8) is 0 Å². The van der Waals surface area contributed by atoms with Gasteiger partial charge in [0.05, 0.1) is 5.56 Å². The van der Waals surface area contributed by atoms with Gasteiger partial charge < -0.3 is 0 Å². The lowest BCUT2D eigenvalue weighted by atomic mass is 10.3. The Hall–Kier alpha value is -0.0300. The van der Waals surface area contributed by atoms with Crippen molar-refractivity contribution >= 4 is 27.3 Å². The van der Waals surface area contributed by atoms with Crippen LogP contribution in [0.1, 0.15) is 5.56 Å². The van der Waals surface area contributed by atoms with Crippen molar-refractivity contribution in [1.82, 2.24) is 0 Å². The van der Waals surface area contributed by atoms with Crippen LogP contribution in [0.2, 0.25) is 0 Å². The van der Waals surface area contributed by atoms with Crippen molar-refractivity contribution in [2.75, 3.05) is 0 Å². The van der Waals surface area contributed by atoms with E-state index in [0.29, 0.717) is 0 Å². The predicted molar refractivity (Wildman–Crippen MR) is 37.0 cm³/mol. The summed E-state index contributed by atoms with van der Waals surface area (Å²) < 4.78 is 35.7. The molecule has 0 radical (unpaired) electrons. The summed E-state index contributed by atoms with van der Waals surface area (Å²) in [4.78, 5) is 0. The zero-order chi connectivity index (χ0) is 7.78. The number of hydrogen-bond donors (Lipinski definition) is 0. The van der Waals surface area contributed by atoms with Crippen LogP contribution in [0.15, 0.2) is 15.2 Å². The molecule has 0 aromatic carbocycles. The highest BCUT2D eigenvalue weighted by molar-refractivity contribution is 9.10. The molecular formula is C5H2BrF3S. The fraction of sp³-hybridized carbons (Fsp3) is 0.200. The molecule has 0 fully saturated rings. The first-order chi connectivity index (χ1) is 4.52. The molecule has 0 unspecified atom stereocenters. The molecule has 0 aliphatic heterocycles. The van der Waals surface area contributed by atoms with E-state index in [1.807, 2.05) is 0 Å². The van der Waals surface area contributed by atoms with Crippen molar-refractivity contribution in [3.05, 3.63) is 20.8 Å². The maximum Gasteiger partial charge on any atom is 0.418 e. The number of rotatable bonds is 0. The minimum absolute atomic E-state index is 0.116. The average Bonchev–Trinajstić information content (AvgIpc) is 2.11. The molecule has 1 heterocycles. The summed E-state index contributed by atoms with van der Waals surface area (Å²) >= 11 is 3.82. The van der Waals surface area contributed by atoms with Crippen LogP contribution >= 0.6 is 27.3 Å². The van der Waals surface area contributed by atoms with Gasteiger partial charge in [-0.05, 0) is 15.9 Å². The van der Waals surface area contributed by atoms with E-state index < -0.39 is 11.7 Å². The van der Waals surface area contributed by atoms with Crippen LogP contribution in [0.4, 0.5) is 13.2 Å². The first-order valence-electron chi connectivity index (χ1n) is 2.30. The van der Waals surface area contributed by atoms with Crippen LogP contribution in [-0.4, -0.2) is 0 Å². The third-order valence-corrected chi connectivity index (χ3v) is 2.62. The summed E-state index contributed by atoms with van der Waals surface area (Å²) in [6, 6.07) is 0. The molecule has 0 saturated carbocycles. The highest BCUT2D eigenvalue weighted by Crippen LogP contribution is 2.36. The Bertz CT molecular complexity index is 227. The fourth-order valence-electron chi connectivity index (χ4n) is 0.484. The van der Waals surface area contributed by atoms with Gasteiger partial charge in [-0.1, -0.05) is 0 Å². The van der Waals surface area contributed by atoms with Crippen molar-refractivity contribution in [2.24, 2.45) is 0 Å². The van der Waals surface area contributed by atoms with Crippen molar-refractivity contribution in [2.45, 2.75) is 6.18 Å². The maximum atomic E-state index is 11.9. The fourth-order valence-corrected chi connectivity index (χ4v) is 2.01. The quantitative estimate of drug-likeness (QED) is 0.640. The molecule has 0 amide bonds. The smallest absolute Gasteiger partial charge is 0.166 e. The zero-order valence-electron chi connectivity index (χ0n) is 4.57. The third kappa shape index (κ3) is 1.52. The van der Waals surface area contributed by atoms with Gasteiger partial charge in [-0.15, -0.1) is 0 Å². The van der Waals surface area contributed by atoms with Crippen LogP contribution in [0.3, 0.4) is 0 Å². The van der Waals surface area contributed by atoms with Gasteiger partial charge in [-0.2, -0.15) is 24.5 Å². The topological polar surface area (TPSA) is 0 Å². The minimum Gasteiger partial charge on any atom is -0.166 e. The van der Waals surface area contributed by atoms with E-state index in [1.54, 1.807) is 0 Å². The molecule has 5 heteroatoms. The van der Waals surface area contributed by atoms with Crippen LogP contribution in [0, 0.1) is 0 Å². The van der Waals surface area contributed by atoms with Gasteiger partial charge in [0.1, 0.15) is 0 Å². The Morgan fingerprint density at radius 3 is 2.10 bits per heavy atom. The first-order valence-corrected chi connectivity index (χ1v) is 4.04. The number of alkyl halides is 3. The van der Waals surface area contributed by atoms with E-state index in [1.165, 1.54) is 5.38 Å². The van der Waals surface area contributed by atoms with Crippen LogP contribution < -0.4 is 0 Å². The standard InChI is InChI=1S/C5H2BrF3S/c6-4-2-10-1-3(4)5(7,8)9/h1-2H. The summed E-state index contributed by atoms with van der Waals surface area (Å²) in [6.45, 7) is 0. The summed E-state index contributed by atoms with van der Waals surface area (Å²) in [5.74, 6) is 0. The van der Waals surface area contributed by atoms with Gasteiger partial charge >= 0.3 is 6.18 Å². The van der Waals surface area contributed by atoms with E-state index in [0.717, 1.165) is 16.7 Å². The largest absolute Gasteiger partial charge is 0.418 e. The third-order valence-electron chi connectivity index (χ3n) is 0.920. The first kappa shape index (κ1) is 8.07. The molecule has 10 heavy (non-hydrogen) atoms.